The number of hydrogen-bond acceptors (Lipinski definition) is 2. The lowest BCUT2D eigenvalue weighted by Crippen LogP contribution is -2.28. The number of benzene rings is 1. The summed E-state index contributed by atoms with van der Waals surface area (Å²) >= 11 is 3.37. The summed E-state index contributed by atoms with van der Waals surface area (Å²) in [4.78, 5) is 0. The molecule has 3 unspecified atom stereocenters. The summed E-state index contributed by atoms with van der Waals surface area (Å²) in [5, 5.41) is 3.36. The van der Waals surface area contributed by atoms with Crippen LogP contribution in [0.2, 0.25) is 0 Å². The second-order valence-corrected chi connectivity index (χ2v) is 5.56. The molecule has 0 bridgehead atoms. The van der Waals surface area contributed by atoms with Crippen molar-refractivity contribution >= 4 is 15.9 Å². The molecular formula is C13H17BrFNO. The lowest BCUT2D eigenvalue weighted by atomic mass is 10.1. The van der Waals surface area contributed by atoms with Crippen LogP contribution in [-0.4, -0.2) is 18.7 Å². The maximum atomic E-state index is 13.8. The minimum atomic E-state index is -0.215. The molecule has 1 fully saturated rings. The van der Waals surface area contributed by atoms with Gasteiger partial charge in [-0.15, -0.1) is 0 Å². The van der Waals surface area contributed by atoms with Crippen molar-refractivity contribution in [2.75, 3.05) is 6.54 Å². The van der Waals surface area contributed by atoms with Crippen LogP contribution < -0.4 is 5.32 Å². The van der Waals surface area contributed by atoms with Crippen LogP contribution in [0.25, 0.3) is 0 Å². The molecule has 0 spiro atoms. The van der Waals surface area contributed by atoms with Crippen molar-refractivity contribution in [1.29, 1.82) is 0 Å². The van der Waals surface area contributed by atoms with E-state index in [1.807, 2.05) is 6.92 Å². The molecule has 0 aliphatic carbocycles. The first kappa shape index (κ1) is 13.0. The fourth-order valence-corrected chi connectivity index (χ4v) is 2.60. The zero-order valence-electron chi connectivity index (χ0n) is 10.0. The third kappa shape index (κ3) is 3.27. The molecule has 3 atom stereocenters. The summed E-state index contributed by atoms with van der Waals surface area (Å²) in [7, 11) is 0. The van der Waals surface area contributed by atoms with Crippen LogP contribution in [0, 0.1) is 5.82 Å². The summed E-state index contributed by atoms with van der Waals surface area (Å²) in [6, 6.07) is 5.38. The highest BCUT2D eigenvalue weighted by Gasteiger charge is 2.24. The van der Waals surface area contributed by atoms with Gasteiger partial charge >= 0.3 is 0 Å². The summed E-state index contributed by atoms with van der Waals surface area (Å²) < 4.78 is 20.5. The van der Waals surface area contributed by atoms with Crippen molar-refractivity contribution in [1.82, 2.24) is 5.32 Å². The van der Waals surface area contributed by atoms with Crippen LogP contribution in [0.5, 0.6) is 0 Å². The van der Waals surface area contributed by atoms with E-state index < -0.39 is 0 Å². The van der Waals surface area contributed by atoms with E-state index in [2.05, 4.69) is 28.2 Å². The zero-order chi connectivity index (χ0) is 12.4. The topological polar surface area (TPSA) is 21.3 Å². The molecule has 1 aliphatic rings. The van der Waals surface area contributed by atoms with Crippen LogP contribution in [-0.2, 0) is 4.74 Å². The Hall–Kier alpha value is -0.450. The van der Waals surface area contributed by atoms with Gasteiger partial charge in [0, 0.05) is 22.6 Å². The molecule has 2 rings (SSSR count). The van der Waals surface area contributed by atoms with Crippen LogP contribution in [0.4, 0.5) is 4.39 Å². The molecule has 0 amide bonds. The number of hydrogen-bond donors (Lipinski definition) is 1. The maximum Gasteiger partial charge on any atom is 0.129 e. The fourth-order valence-electron chi connectivity index (χ4n) is 2.22. The first-order valence-electron chi connectivity index (χ1n) is 5.90. The number of rotatable bonds is 1. The Morgan fingerprint density at radius 1 is 1.41 bits per heavy atom. The van der Waals surface area contributed by atoms with Crippen molar-refractivity contribution in [2.45, 2.75) is 38.5 Å². The molecule has 1 N–H and O–H groups in total. The minimum Gasteiger partial charge on any atom is -0.369 e. The average molecular weight is 302 g/mol. The van der Waals surface area contributed by atoms with Crippen molar-refractivity contribution in [3.05, 3.63) is 34.1 Å². The van der Waals surface area contributed by atoms with Crippen LogP contribution in [0.3, 0.4) is 0 Å². The van der Waals surface area contributed by atoms with Gasteiger partial charge in [-0.05, 0) is 38.5 Å². The Morgan fingerprint density at radius 3 is 2.94 bits per heavy atom. The molecule has 0 saturated carbocycles. The zero-order valence-corrected chi connectivity index (χ0v) is 11.6. The third-order valence-electron chi connectivity index (χ3n) is 3.04. The Labute approximate surface area is 110 Å². The van der Waals surface area contributed by atoms with Gasteiger partial charge in [-0.1, -0.05) is 15.9 Å². The van der Waals surface area contributed by atoms with Crippen LogP contribution in [0.1, 0.15) is 31.9 Å². The second-order valence-electron chi connectivity index (χ2n) is 4.65. The van der Waals surface area contributed by atoms with Gasteiger partial charge in [0.25, 0.3) is 0 Å². The monoisotopic (exact) mass is 301 g/mol. The van der Waals surface area contributed by atoms with E-state index in [4.69, 9.17) is 4.74 Å². The second kappa shape index (κ2) is 5.46. The van der Waals surface area contributed by atoms with E-state index >= 15 is 0 Å². The van der Waals surface area contributed by atoms with Crippen molar-refractivity contribution in [3.63, 3.8) is 0 Å². The summed E-state index contributed by atoms with van der Waals surface area (Å²) in [6.07, 6.45) is 0.877. The van der Waals surface area contributed by atoms with Crippen molar-refractivity contribution < 1.29 is 9.13 Å². The number of ether oxygens (including phenoxy) is 1. The molecule has 1 heterocycles. The van der Waals surface area contributed by atoms with Crippen LogP contribution in [0.15, 0.2) is 22.7 Å². The number of nitrogens with one attached hydrogen (secondary N) is 1. The van der Waals surface area contributed by atoms with Gasteiger partial charge < -0.3 is 10.1 Å². The largest absolute Gasteiger partial charge is 0.369 e. The highest BCUT2D eigenvalue weighted by molar-refractivity contribution is 9.10. The smallest absolute Gasteiger partial charge is 0.129 e. The highest BCUT2D eigenvalue weighted by atomic mass is 79.9. The Bertz CT molecular complexity index is 399. The molecule has 4 heteroatoms. The minimum absolute atomic E-state index is 0.142. The van der Waals surface area contributed by atoms with Crippen molar-refractivity contribution in [3.8, 4) is 0 Å². The quantitative estimate of drug-likeness (QED) is 0.858. The molecule has 0 aromatic heterocycles. The summed E-state index contributed by atoms with van der Waals surface area (Å²) in [5.74, 6) is -0.207. The van der Waals surface area contributed by atoms with E-state index in [1.54, 1.807) is 12.1 Å². The first-order valence-corrected chi connectivity index (χ1v) is 6.69. The predicted molar refractivity (Wildman–Crippen MR) is 69.5 cm³/mol. The maximum absolute atomic E-state index is 13.8. The normalized spacial score (nSPS) is 30.0. The van der Waals surface area contributed by atoms with E-state index in [1.165, 1.54) is 6.07 Å². The average Bonchev–Trinajstić information content (AvgIpc) is 2.43. The first-order chi connectivity index (χ1) is 8.06. The standard InChI is InChI=1S/C13H17BrFNO/c1-8-5-9(2)17-13(7-16-8)11-6-10(14)3-4-12(11)15/h3-4,6,8-9,13,16H,5,7H2,1-2H3. The molecule has 1 aromatic carbocycles. The van der Waals surface area contributed by atoms with E-state index in [0.29, 0.717) is 18.2 Å². The SMILES string of the molecule is CC1CC(C)OC(c2cc(Br)ccc2F)CN1. The van der Waals surface area contributed by atoms with E-state index in [-0.39, 0.29) is 18.0 Å². The van der Waals surface area contributed by atoms with Gasteiger partial charge in [0.1, 0.15) is 5.82 Å². The lowest BCUT2D eigenvalue weighted by Gasteiger charge is -2.19. The third-order valence-corrected chi connectivity index (χ3v) is 3.53. The molecule has 94 valence electrons. The van der Waals surface area contributed by atoms with Crippen molar-refractivity contribution in [2.24, 2.45) is 0 Å². The lowest BCUT2D eigenvalue weighted by molar-refractivity contribution is 0.00537. The van der Waals surface area contributed by atoms with E-state index in [0.717, 1.165) is 10.9 Å². The molecular weight excluding hydrogens is 285 g/mol. The van der Waals surface area contributed by atoms with Crippen LogP contribution >= 0.6 is 15.9 Å². The van der Waals surface area contributed by atoms with Gasteiger partial charge in [-0.2, -0.15) is 0 Å². The van der Waals surface area contributed by atoms with Gasteiger partial charge in [-0.25, -0.2) is 4.39 Å². The van der Waals surface area contributed by atoms with E-state index in [9.17, 15) is 4.39 Å². The molecule has 1 aromatic rings. The Morgan fingerprint density at radius 2 is 2.18 bits per heavy atom. The van der Waals surface area contributed by atoms with Gasteiger partial charge in [0.05, 0.1) is 12.2 Å². The summed E-state index contributed by atoms with van der Waals surface area (Å²) in [5.41, 5.74) is 0.618. The fraction of sp³-hybridized carbons (Fsp3) is 0.538. The van der Waals surface area contributed by atoms with Gasteiger partial charge in [0.15, 0.2) is 0 Å². The van der Waals surface area contributed by atoms with Gasteiger partial charge in [-0.3, -0.25) is 0 Å². The highest BCUT2D eigenvalue weighted by Crippen LogP contribution is 2.27. The van der Waals surface area contributed by atoms with Gasteiger partial charge in [0.2, 0.25) is 0 Å². The molecule has 0 radical (unpaired) electrons. The Kier molecular flexibility index (Phi) is 4.17. The number of halogens is 2. The molecule has 1 aliphatic heterocycles. The molecule has 2 nitrogen and oxygen atoms in total. The predicted octanol–water partition coefficient (Wildman–Crippen LogP) is 3.42. The molecule has 1 saturated heterocycles. The Balaban J connectivity index is 2.23. The molecule has 17 heavy (non-hydrogen) atoms. The summed E-state index contributed by atoms with van der Waals surface area (Å²) in [6.45, 7) is 4.81.